The molecule has 0 unspecified atom stereocenters. The Bertz CT molecular complexity index is 844. The SMILES string of the molecule is O=c1[nH]cc(S(=O)(=O)Nc2c(F)cc(F)cc2F)cc1Cl. The average Bonchev–Trinajstić information content (AvgIpc) is 2.37. The summed E-state index contributed by atoms with van der Waals surface area (Å²) in [5.74, 6) is -4.04. The largest absolute Gasteiger partial charge is 0.326 e. The van der Waals surface area contributed by atoms with Gasteiger partial charge in [-0.05, 0) is 6.07 Å². The van der Waals surface area contributed by atoms with Gasteiger partial charge in [-0.25, -0.2) is 21.6 Å². The van der Waals surface area contributed by atoms with Crippen molar-refractivity contribution in [3.05, 3.63) is 57.2 Å². The summed E-state index contributed by atoms with van der Waals surface area (Å²) >= 11 is 5.47. The summed E-state index contributed by atoms with van der Waals surface area (Å²) in [6.07, 6.45) is 0.801. The first-order valence-corrected chi connectivity index (χ1v) is 7.12. The maximum atomic E-state index is 13.4. The zero-order valence-corrected chi connectivity index (χ0v) is 11.5. The Labute approximate surface area is 121 Å². The lowest BCUT2D eigenvalue weighted by Crippen LogP contribution is -2.17. The van der Waals surface area contributed by atoms with Crippen LogP contribution in [0, 0.1) is 17.5 Å². The monoisotopic (exact) mass is 338 g/mol. The number of nitrogens with one attached hydrogen (secondary N) is 2. The molecule has 1 aromatic carbocycles. The number of hydrogen-bond acceptors (Lipinski definition) is 3. The minimum Gasteiger partial charge on any atom is -0.326 e. The third kappa shape index (κ3) is 3.19. The summed E-state index contributed by atoms with van der Waals surface area (Å²) in [7, 11) is -4.42. The predicted molar refractivity (Wildman–Crippen MR) is 69.2 cm³/mol. The van der Waals surface area contributed by atoms with Gasteiger partial charge in [-0.1, -0.05) is 11.6 Å². The Balaban J connectivity index is 2.47. The summed E-state index contributed by atoms with van der Waals surface area (Å²) in [5.41, 5.74) is -1.77. The lowest BCUT2D eigenvalue weighted by molar-refractivity contribution is 0.547. The molecule has 21 heavy (non-hydrogen) atoms. The molecule has 0 radical (unpaired) electrons. The second kappa shape index (κ2) is 5.41. The first-order valence-electron chi connectivity index (χ1n) is 5.26. The van der Waals surface area contributed by atoms with Gasteiger partial charge >= 0.3 is 0 Å². The van der Waals surface area contributed by atoms with Gasteiger partial charge in [-0.15, -0.1) is 0 Å². The van der Waals surface area contributed by atoms with Crippen LogP contribution in [-0.2, 0) is 10.0 Å². The third-order valence-electron chi connectivity index (χ3n) is 2.39. The van der Waals surface area contributed by atoms with E-state index in [9.17, 15) is 26.4 Å². The van der Waals surface area contributed by atoms with E-state index in [2.05, 4.69) is 0 Å². The maximum absolute atomic E-state index is 13.4. The molecule has 1 heterocycles. The zero-order chi connectivity index (χ0) is 15.8. The Hall–Kier alpha value is -2.00. The van der Waals surface area contributed by atoms with E-state index in [-0.39, 0.29) is 0 Å². The molecule has 0 aliphatic heterocycles. The van der Waals surface area contributed by atoms with Gasteiger partial charge in [0.05, 0.1) is 0 Å². The molecule has 2 N–H and O–H groups in total. The summed E-state index contributed by atoms with van der Waals surface area (Å²) in [6.45, 7) is 0. The number of benzene rings is 1. The molecular formula is C11H6ClF3N2O3S. The van der Waals surface area contributed by atoms with Crippen LogP contribution in [0.3, 0.4) is 0 Å². The van der Waals surface area contributed by atoms with Crippen molar-refractivity contribution in [2.24, 2.45) is 0 Å². The van der Waals surface area contributed by atoms with E-state index in [1.54, 1.807) is 4.72 Å². The fraction of sp³-hybridized carbons (Fsp3) is 0. The molecule has 0 bridgehead atoms. The van der Waals surface area contributed by atoms with Gasteiger partial charge in [0.25, 0.3) is 15.6 Å². The van der Waals surface area contributed by atoms with Gasteiger partial charge in [0.1, 0.15) is 21.4 Å². The van der Waals surface area contributed by atoms with Crippen molar-refractivity contribution >= 4 is 27.3 Å². The first-order chi connectivity index (χ1) is 9.70. The van der Waals surface area contributed by atoms with Crippen molar-refractivity contribution in [3.8, 4) is 0 Å². The van der Waals surface area contributed by atoms with Crippen molar-refractivity contribution in [1.82, 2.24) is 4.98 Å². The minimum atomic E-state index is -4.42. The first kappa shape index (κ1) is 15.4. The number of rotatable bonds is 3. The van der Waals surface area contributed by atoms with Gasteiger partial charge in [0, 0.05) is 18.3 Å². The second-order valence-electron chi connectivity index (χ2n) is 3.86. The van der Waals surface area contributed by atoms with Crippen LogP contribution in [0.5, 0.6) is 0 Å². The Kier molecular flexibility index (Phi) is 3.97. The van der Waals surface area contributed by atoms with Gasteiger partial charge < -0.3 is 4.98 Å². The van der Waals surface area contributed by atoms with Crippen molar-refractivity contribution in [2.75, 3.05) is 4.72 Å². The van der Waals surface area contributed by atoms with E-state index >= 15 is 0 Å². The van der Waals surface area contributed by atoms with Gasteiger partial charge in [0.15, 0.2) is 11.6 Å². The molecule has 0 saturated carbocycles. The Morgan fingerprint density at radius 3 is 2.19 bits per heavy atom. The topological polar surface area (TPSA) is 79.0 Å². The number of anilines is 1. The molecule has 0 saturated heterocycles. The van der Waals surface area contributed by atoms with Crippen molar-refractivity contribution < 1.29 is 21.6 Å². The lowest BCUT2D eigenvalue weighted by atomic mass is 10.3. The molecule has 0 atom stereocenters. The normalized spacial score (nSPS) is 11.4. The predicted octanol–water partition coefficient (Wildman–Crippen LogP) is 2.25. The molecule has 2 aromatic rings. The van der Waals surface area contributed by atoms with Gasteiger partial charge in [0.2, 0.25) is 0 Å². The van der Waals surface area contributed by atoms with Crippen LogP contribution in [0.15, 0.2) is 34.1 Å². The van der Waals surface area contributed by atoms with E-state index in [1.165, 1.54) is 0 Å². The van der Waals surface area contributed by atoms with Crippen molar-refractivity contribution in [1.29, 1.82) is 0 Å². The molecule has 0 aliphatic rings. The smallest absolute Gasteiger partial charge is 0.266 e. The molecule has 112 valence electrons. The van der Waals surface area contributed by atoms with Crippen LogP contribution >= 0.6 is 11.6 Å². The second-order valence-corrected chi connectivity index (χ2v) is 5.95. The summed E-state index contributed by atoms with van der Waals surface area (Å²) in [6, 6.07) is 1.45. The number of aromatic nitrogens is 1. The van der Waals surface area contributed by atoms with Gasteiger partial charge in [-0.2, -0.15) is 0 Å². The standard InChI is InChI=1S/C11H6ClF3N2O3S/c12-7-3-6(4-16-11(7)18)21(19,20)17-10-8(14)1-5(13)2-9(10)15/h1-4,17H,(H,16,18). The number of H-pyrrole nitrogens is 1. The average molecular weight is 339 g/mol. The molecule has 0 amide bonds. The van der Waals surface area contributed by atoms with Gasteiger partial charge in [-0.3, -0.25) is 9.52 Å². The van der Waals surface area contributed by atoms with Crippen molar-refractivity contribution in [3.63, 3.8) is 0 Å². The van der Waals surface area contributed by atoms with Crippen LogP contribution in [0.4, 0.5) is 18.9 Å². The van der Waals surface area contributed by atoms with E-state index in [0.717, 1.165) is 12.3 Å². The fourth-order valence-electron chi connectivity index (χ4n) is 1.43. The zero-order valence-electron chi connectivity index (χ0n) is 9.95. The quantitative estimate of drug-likeness (QED) is 0.901. The molecular weight excluding hydrogens is 333 g/mol. The molecule has 5 nitrogen and oxygen atoms in total. The summed E-state index contributed by atoms with van der Waals surface area (Å²) in [5, 5.41) is -0.419. The fourth-order valence-corrected chi connectivity index (χ4v) is 2.73. The Morgan fingerprint density at radius 2 is 1.67 bits per heavy atom. The van der Waals surface area contributed by atoms with Crippen molar-refractivity contribution in [2.45, 2.75) is 4.90 Å². The van der Waals surface area contributed by atoms with E-state index in [4.69, 9.17) is 11.6 Å². The number of aromatic amines is 1. The van der Waals surface area contributed by atoms with Crippen LogP contribution < -0.4 is 10.3 Å². The highest BCUT2D eigenvalue weighted by molar-refractivity contribution is 7.92. The number of halogens is 4. The molecule has 0 spiro atoms. The van der Waals surface area contributed by atoms with E-state index in [0.29, 0.717) is 12.1 Å². The lowest BCUT2D eigenvalue weighted by Gasteiger charge is -2.10. The van der Waals surface area contributed by atoms with Crippen LogP contribution in [0.1, 0.15) is 0 Å². The molecule has 1 aromatic heterocycles. The van der Waals surface area contributed by atoms with Crippen LogP contribution in [0.25, 0.3) is 0 Å². The Morgan fingerprint density at radius 1 is 1.10 bits per heavy atom. The molecule has 0 fully saturated rings. The highest BCUT2D eigenvalue weighted by Gasteiger charge is 2.21. The highest BCUT2D eigenvalue weighted by Crippen LogP contribution is 2.23. The number of sulfonamides is 1. The molecule has 0 aliphatic carbocycles. The third-order valence-corrected chi connectivity index (χ3v) is 3.99. The highest BCUT2D eigenvalue weighted by atomic mass is 35.5. The number of pyridine rings is 1. The minimum absolute atomic E-state index is 0.320. The van der Waals surface area contributed by atoms with Crippen LogP contribution in [0.2, 0.25) is 5.02 Å². The molecule has 10 heteroatoms. The van der Waals surface area contributed by atoms with E-state index < -0.39 is 48.6 Å². The molecule has 2 rings (SSSR count). The summed E-state index contributed by atoms with van der Waals surface area (Å²) in [4.78, 5) is 12.6. The summed E-state index contributed by atoms with van der Waals surface area (Å²) < 4.78 is 65.1. The number of hydrogen-bond donors (Lipinski definition) is 2. The maximum Gasteiger partial charge on any atom is 0.266 e. The van der Waals surface area contributed by atoms with E-state index in [1.807, 2.05) is 4.98 Å². The van der Waals surface area contributed by atoms with Crippen LogP contribution in [-0.4, -0.2) is 13.4 Å².